The fourth-order valence-electron chi connectivity index (χ4n) is 2.85. The van der Waals surface area contributed by atoms with Crippen molar-refractivity contribution in [3.8, 4) is 5.75 Å². The molecule has 0 aliphatic heterocycles. The minimum atomic E-state index is 0.139. The minimum absolute atomic E-state index is 0.139. The lowest BCUT2D eigenvalue weighted by molar-refractivity contribution is 0.340. The first kappa shape index (κ1) is 19.8. The van der Waals surface area contributed by atoms with Gasteiger partial charge in [0.1, 0.15) is 17.8 Å². The third kappa shape index (κ3) is 5.52. The summed E-state index contributed by atoms with van der Waals surface area (Å²) < 4.78 is 5.48. The van der Waals surface area contributed by atoms with Crippen LogP contribution in [0.25, 0.3) is 17.0 Å². The first-order valence-electron chi connectivity index (χ1n) is 9.28. The van der Waals surface area contributed by atoms with Crippen LogP contribution in [-0.2, 0) is 16.6 Å². The molecule has 0 saturated carbocycles. The SMILES string of the molecule is [C-]#[N+]c1ccc(C[S+](C)c2ccc(/C=C/c3ccc(OCC)cc3)cc2)cc1. The molecule has 0 heterocycles. The van der Waals surface area contributed by atoms with E-state index < -0.39 is 0 Å². The first-order chi connectivity index (χ1) is 13.7. The van der Waals surface area contributed by atoms with Crippen molar-refractivity contribution in [2.24, 2.45) is 0 Å². The molecule has 28 heavy (non-hydrogen) atoms. The van der Waals surface area contributed by atoms with E-state index in [1.807, 2.05) is 31.2 Å². The maximum Gasteiger partial charge on any atom is 0.187 e. The highest BCUT2D eigenvalue weighted by Crippen LogP contribution is 2.21. The number of benzene rings is 3. The van der Waals surface area contributed by atoms with Crippen molar-refractivity contribution in [3.63, 3.8) is 0 Å². The van der Waals surface area contributed by atoms with E-state index in [0.717, 1.165) is 17.1 Å². The predicted octanol–water partition coefficient (Wildman–Crippen LogP) is 6.61. The van der Waals surface area contributed by atoms with Crippen molar-refractivity contribution in [2.45, 2.75) is 17.6 Å². The van der Waals surface area contributed by atoms with Gasteiger partial charge in [-0.2, -0.15) is 0 Å². The van der Waals surface area contributed by atoms with E-state index in [1.54, 1.807) is 0 Å². The van der Waals surface area contributed by atoms with E-state index in [1.165, 1.54) is 16.0 Å². The van der Waals surface area contributed by atoms with Crippen LogP contribution in [0.2, 0.25) is 0 Å². The number of hydrogen-bond acceptors (Lipinski definition) is 1. The molecule has 2 nitrogen and oxygen atoms in total. The van der Waals surface area contributed by atoms with Crippen LogP contribution in [0.4, 0.5) is 5.69 Å². The van der Waals surface area contributed by atoms with Crippen molar-refractivity contribution >= 4 is 28.7 Å². The molecule has 0 aromatic heterocycles. The van der Waals surface area contributed by atoms with Crippen LogP contribution in [0.1, 0.15) is 23.6 Å². The molecular weight excluding hydrogens is 362 g/mol. The molecule has 0 radical (unpaired) electrons. The normalized spacial score (nSPS) is 11.9. The maximum absolute atomic E-state index is 7.04. The molecule has 0 aliphatic carbocycles. The van der Waals surface area contributed by atoms with E-state index in [-0.39, 0.29) is 10.9 Å². The molecule has 3 heteroatoms. The van der Waals surface area contributed by atoms with Crippen molar-refractivity contribution in [1.82, 2.24) is 0 Å². The molecule has 0 spiro atoms. The summed E-state index contributed by atoms with van der Waals surface area (Å²) in [6.45, 7) is 9.72. The summed E-state index contributed by atoms with van der Waals surface area (Å²) >= 11 is 0. The Morgan fingerprint density at radius 1 is 0.857 bits per heavy atom. The Kier molecular flexibility index (Phi) is 6.94. The lowest BCUT2D eigenvalue weighted by Gasteiger charge is -2.04. The molecule has 3 aromatic rings. The van der Waals surface area contributed by atoms with Gasteiger partial charge in [0.25, 0.3) is 0 Å². The van der Waals surface area contributed by atoms with Crippen molar-refractivity contribution in [1.29, 1.82) is 0 Å². The lowest BCUT2D eigenvalue weighted by atomic mass is 10.1. The highest BCUT2D eigenvalue weighted by Gasteiger charge is 2.15. The molecule has 0 bridgehead atoms. The van der Waals surface area contributed by atoms with Crippen LogP contribution in [0, 0.1) is 6.57 Å². The third-order valence-corrected chi connectivity index (χ3v) is 6.23. The molecule has 1 unspecified atom stereocenters. The molecule has 140 valence electrons. The standard InChI is InChI=1S/C25H24NOS/c1-4-27-24-15-9-20(10-16-24)5-6-21-11-17-25(18-12-21)28(3)19-22-7-13-23(26-2)14-8-22/h5-18H,4,19H2,1,3H3/q+1/b6-5+. The Balaban J connectivity index is 1.61. The van der Waals surface area contributed by atoms with Gasteiger partial charge in [-0.1, -0.05) is 60.7 Å². The number of rotatable bonds is 7. The predicted molar refractivity (Wildman–Crippen MR) is 121 cm³/mol. The fraction of sp³-hybridized carbons (Fsp3) is 0.160. The number of hydrogen-bond donors (Lipinski definition) is 0. The highest BCUT2D eigenvalue weighted by molar-refractivity contribution is 7.95. The maximum atomic E-state index is 7.04. The van der Waals surface area contributed by atoms with Crippen LogP contribution in [0.3, 0.4) is 0 Å². The molecule has 0 aliphatic rings. The summed E-state index contributed by atoms with van der Waals surface area (Å²) in [6.07, 6.45) is 6.53. The van der Waals surface area contributed by atoms with Crippen molar-refractivity contribution in [3.05, 3.63) is 101 Å². The molecule has 0 fully saturated rings. The van der Waals surface area contributed by atoms with Gasteiger partial charge in [0.15, 0.2) is 10.6 Å². The quantitative estimate of drug-likeness (QED) is 0.253. The van der Waals surface area contributed by atoms with E-state index in [4.69, 9.17) is 11.3 Å². The summed E-state index contributed by atoms with van der Waals surface area (Å²) in [4.78, 5) is 4.80. The monoisotopic (exact) mass is 386 g/mol. The van der Waals surface area contributed by atoms with E-state index in [9.17, 15) is 0 Å². The van der Waals surface area contributed by atoms with Crippen molar-refractivity contribution in [2.75, 3.05) is 12.9 Å². The van der Waals surface area contributed by atoms with Gasteiger partial charge < -0.3 is 4.74 Å². The van der Waals surface area contributed by atoms with E-state index >= 15 is 0 Å². The molecule has 0 N–H and O–H groups in total. The molecule has 3 rings (SSSR count). The summed E-state index contributed by atoms with van der Waals surface area (Å²) in [5.41, 5.74) is 4.32. The third-order valence-electron chi connectivity index (χ3n) is 4.39. The van der Waals surface area contributed by atoms with Crippen LogP contribution in [0.15, 0.2) is 77.7 Å². The first-order valence-corrected chi connectivity index (χ1v) is 11.1. The Morgan fingerprint density at radius 3 is 1.96 bits per heavy atom. The second-order valence-electron chi connectivity index (χ2n) is 6.46. The molecule has 0 amide bonds. The van der Waals surface area contributed by atoms with Crippen LogP contribution in [-0.4, -0.2) is 12.9 Å². The lowest BCUT2D eigenvalue weighted by Crippen LogP contribution is -2.03. The molecule has 3 aromatic carbocycles. The number of nitrogens with zero attached hydrogens (tertiary/aromatic N) is 1. The second-order valence-corrected chi connectivity index (χ2v) is 8.50. The Morgan fingerprint density at radius 2 is 1.43 bits per heavy atom. The molecule has 0 saturated heterocycles. The van der Waals surface area contributed by atoms with Gasteiger partial charge in [-0.15, -0.1) is 0 Å². The zero-order valence-electron chi connectivity index (χ0n) is 16.3. The van der Waals surface area contributed by atoms with E-state index in [2.05, 4.69) is 71.8 Å². The highest BCUT2D eigenvalue weighted by atomic mass is 32.2. The van der Waals surface area contributed by atoms with Gasteiger partial charge in [0.05, 0.1) is 13.2 Å². The Bertz CT molecular complexity index is 951. The Hall–Kier alpha value is -2.96. The second kappa shape index (κ2) is 9.82. The minimum Gasteiger partial charge on any atom is -0.494 e. The summed E-state index contributed by atoms with van der Waals surface area (Å²) in [5, 5.41) is 0. The summed E-state index contributed by atoms with van der Waals surface area (Å²) in [6, 6.07) is 24.8. The van der Waals surface area contributed by atoms with Gasteiger partial charge in [0, 0.05) is 10.9 Å². The topological polar surface area (TPSA) is 13.6 Å². The average Bonchev–Trinajstić information content (AvgIpc) is 2.74. The Labute approximate surface area is 170 Å². The van der Waals surface area contributed by atoms with Gasteiger partial charge in [-0.25, -0.2) is 4.85 Å². The van der Waals surface area contributed by atoms with Gasteiger partial charge >= 0.3 is 0 Å². The van der Waals surface area contributed by atoms with E-state index in [0.29, 0.717) is 12.3 Å². The summed E-state index contributed by atoms with van der Waals surface area (Å²) in [5.74, 6) is 1.90. The van der Waals surface area contributed by atoms with Crippen LogP contribution >= 0.6 is 0 Å². The van der Waals surface area contributed by atoms with Gasteiger partial charge in [-0.05, 0) is 47.9 Å². The van der Waals surface area contributed by atoms with Gasteiger partial charge in [0.2, 0.25) is 0 Å². The number of ether oxygens (including phenoxy) is 1. The molecule has 1 atom stereocenters. The smallest absolute Gasteiger partial charge is 0.187 e. The fourth-order valence-corrected chi connectivity index (χ4v) is 4.31. The summed E-state index contributed by atoms with van der Waals surface area (Å²) in [7, 11) is 0.139. The largest absolute Gasteiger partial charge is 0.494 e. The zero-order valence-corrected chi connectivity index (χ0v) is 17.1. The zero-order chi connectivity index (χ0) is 19.8. The average molecular weight is 387 g/mol. The van der Waals surface area contributed by atoms with Gasteiger partial charge in [-0.3, -0.25) is 0 Å². The van der Waals surface area contributed by atoms with Crippen LogP contribution < -0.4 is 4.74 Å². The van der Waals surface area contributed by atoms with Crippen LogP contribution in [0.5, 0.6) is 5.75 Å². The van der Waals surface area contributed by atoms with Crippen molar-refractivity contribution < 1.29 is 4.74 Å². The molecular formula is C25H24NOS+.